The average molecular weight is 391 g/mol. The third-order valence-electron chi connectivity index (χ3n) is 6.66. The molecule has 2 aromatic carbocycles. The standard InChI is InChI=1S/C24H30BNO3/c1-6-17-7-9-19(10-8-17)22(27)26-14-13-18-11-12-21(15-20(18)16-26)25-28-23(2,3)24(4,5)29-25/h7-12,15H,6,13-14,16H2,1-5H3. The van der Waals surface area contributed by atoms with Crippen LogP contribution < -0.4 is 5.46 Å². The van der Waals surface area contributed by atoms with Crippen molar-refractivity contribution < 1.29 is 14.1 Å². The number of rotatable bonds is 3. The molecule has 0 atom stereocenters. The molecule has 0 N–H and O–H groups in total. The summed E-state index contributed by atoms with van der Waals surface area (Å²) in [5.41, 5.74) is 4.78. The molecular weight excluding hydrogens is 361 g/mol. The third kappa shape index (κ3) is 3.74. The van der Waals surface area contributed by atoms with Crippen LogP contribution in [0.1, 0.15) is 61.7 Å². The van der Waals surface area contributed by atoms with Crippen molar-refractivity contribution in [3.63, 3.8) is 0 Å². The summed E-state index contributed by atoms with van der Waals surface area (Å²) in [5, 5.41) is 0. The Kier molecular flexibility index (Phi) is 5.08. The highest BCUT2D eigenvalue weighted by molar-refractivity contribution is 6.62. The molecule has 2 aliphatic rings. The highest BCUT2D eigenvalue weighted by Gasteiger charge is 2.51. The zero-order valence-corrected chi connectivity index (χ0v) is 18.1. The van der Waals surface area contributed by atoms with Gasteiger partial charge in [0.15, 0.2) is 0 Å². The Labute approximate surface area is 174 Å². The summed E-state index contributed by atoms with van der Waals surface area (Å²) in [6.07, 6.45) is 1.85. The van der Waals surface area contributed by atoms with Gasteiger partial charge >= 0.3 is 7.12 Å². The van der Waals surface area contributed by atoms with Crippen molar-refractivity contribution in [3.8, 4) is 0 Å². The second kappa shape index (κ2) is 7.30. The number of aryl methyl sites for hydroxylation is 1. The Bertz CT molecular complexity index is 904. The molecule has 0 spiro atoms. The van der Waals surface area contributed by atoms with Gasteiger partial charge in [-0.05, 0) is 74.8 Å². The van der Waals surface area contributed by atoms with Crippen LogP contribution in [-0.2, 0) is 28.7 Å². The van der Waals surface area contributed by atoms with Crippen LogP contribution in [0.25, 0.3) is 0 Å². The summed E-state index contributed by atoms with van der Waals surface area (Å²) >= 11 is 0. The largest absolute Gasteiger partial charge is 0.494 e. The van der Waals surface area contributed by atoms with Gasteiger partial charge in [-0.15, -0.1) is 0 Å². The lowest BCUT2D eigenvalue weighted by Crippen LogP contribution is -2.41. The zero-order valence-electron chi connectivity index (χ0n) is 18.1. The van der Waals surface area contributed by atoms with E-state index in [1.54, 1.807) is 0 Å². The Morgan fingerprint density at radius 3 is 2.28 bits per heavy atom. The average Bonchev–Trinajstić information content (AvgIpc) is 2.94. The van der Waals surface area contributed by atoms with E-state index < -0.39 is 0 Å². The molecule has 0 aromatic heterocycles. The van der Waals surface area contributed by atoms with Crippen molar-refractivity contribution in [2.75, 3.05) is 6.54 Å². The summed E-state index contributed by atoms with van der Waals surface area (Å²) in [6, 6.07) is 14.4. The van der Waals surface area contributed by atoms with E-state index in [1.807, 2.05) is 29.2 Å². The van der Waals surface area contributed by atoms with Crippen LogP contribution in [0.4, 0.5) is 0 Å². The smallest absolute Gasteiger partial charge is 0.399 e. The lowest BCUT2D eigenvalue weighted by atomic mass is 9.77. The van der Waals surface area contributed by atoms with E-state index >= 15 is 0 Å². The van der Waals surface area contributed by atoms with E-state index in [0.717, 1.165) is 30.4 Å². The lowest BCUT2D eigenvalue weighted by molar-refractivity contribution is 0.00578. The minimum absolute atomic E-state index is 0.0966. The Morgan fingerprint density at radius 2 is 1.66 bits per heavy atom. The second-order valence-corrected chi connectivity index (χ2v) is 9.14. The van der Waals surface area contributed by atoms with Crippen LogP contribution in [0.2, 0.25) is 0 Å². The highest BCUT2D eigenvalue weighted by atomic mass is 16.7. The maximum atomic E-state index is 13.0. The zero-order chi connectivity index (χ0) is 20.8. The minimum atomic E-state index is -0.377. The third-order valence-corrected chi connectivity index (χ3v) is 6.66. The molecule has 4 rings (SSSR count). The normalized spacial score (nSPS) is 19.9. The molecule has 2 heterocycles. The summed E-state index contributed by atoms with van der Waals surface area (Å²) < 4.78 is 12.4. The number of benzene rings is 2. The monoisotopic (exact) mass is 391 g/mol. The number of carbonyl (C=O) groups excluding carboxylic acids is 1. The molecule has 1 saturated heterocycles. The number of hydrogen-bond acceptors (Lipinski definition) is 3. The van der Waals surface area contributed by atoms with Crippen LogP contribution in [0.5, 0.6) is 0 Å². The van der Waals surface area contributed by atoms with Crippen LogP contribution >= 0.6 is 0 Å². The molecule has 1 amide bonds. The van der Waals surface area contributed by atoms with E-state index in [4.69, 9.17) is 9.31 Å². The van der Waals surface area contributed by atoms with Crippen molar-refractivity contribution in [3.05, 3.63) is 64.7 Å². The SMILES string of the molecule is CCc1ccc(C(=O)N2CCc3ccc(B4OC(C)(C)C(C)(C)O4)cc3C2)cc1. The van der Waals surface area contributed by atoms with Gasteiger partial charge in [0.1, 0.15) is 0 Å². The highest BCUT2D eigenvalue weighted by Crippen LogP contribution is 2.36. The molecule has 29 heavy (non-hydrogen) atoms. The molecular formula is C24H30BNO3. The van der Waals surface area contributed by atoms with E-state index in [-0.39, 0.29) is 24.2 Å². The first kappa shape index (κ1) is 20.2. The van der Waals surface area contributed by atoms with Gasteiger partial charge in [0.25, 0.3) is 5.91 Å². The molecule has 2 aliphatic heterocycles. The molecule has 0 aliphatic carbocycles. The fraction of sp³-hybridized carbons (Fsp3) is 0.458. The van der Waals surface area contributed by atoms with Crippen molar-refractivity contribution in [2.24, 2.45) is 0 Å². The van der Waals surface area contributed by atoms with E-state index in [0.29, 0.717) is 6.54 Å². The number of carbonyl (C=O) groups is 1. The minimum Gasteiger partial charge on any atom is -0.399 e. The maximum absolute atomic E-state index is 13.0. The number of fused-ring (bicyclic) bond motifs is 1. The molecule has 0 bridgehead atoms. The van der Waals surface area contributed by atoms with Crippen molar-refractivity contribution in [1.82, 2.24) is 4.90 Å². The second-order valence-electron chi connectivity index (χ2n) is 9.14. The van der Waals surface area contributed by atoms with Gasteiger partial charge in [-0.2, -0.15) is 0 Å². The molecule has 4 nitrogen and oxygen atoms in total. The fourth-order valence-corrected chi connectivity index (χ4v) is 3.94. The summed E-state index contributed by atoms with van der Waals surface area (Å²) in [5.74, 6) is 0.0966. The first-order valence-electron chi connectivity index (χ1n) is 10.6. The molecule has 5 heteroatoms. The molecule has 0 radical (unpaired) electrons. The van der Waals surface area contributed by atoms with Crippen LogP contribution in [0, 0.1) is 0 Å². The number of amides is 1. The Morgan fingerprint density at radius 1 is 1.00 bits per heavy atom. The molecule has 2 aromatic rings. The summed E-state index contributed by atoms with van der Waals surface area (Å²) in [7, 11) is -0.377. The molecule has 0 unspecified atom stereocenters. The molecule has 152 valence electrons. The van der Waals surface area contributed by atoms with Crippen molar-refractivity contribution >= 4 is 18.5 Å². The lowest BCUT2D eigenvalue weighted by Gasteiger charge is -2.32. The van der Waals surface area contributed by atoms with Gasteiger partial charge in [0.05, 0.1) is 11.2 Å². The van der Waals surface area contributed by atoms with Crippen LogP contribution in [-0.4, -0.2) is 35.7 Å². The first-order valence-corrected chi connectivity index (χ1v) is 10.6. The van der Waals surface area contributed by atoms with Gasteiger partial charge in [0, 0.05) is 18.7 Å². The summed E-state index contributed by atoms with van der Waals surface area (Å²) in [4.78, 5) is 14.9. The predicted octanol–water partition coefficient (Wildman–Crippen LogP) is 3.75. The fourth-order valence-electron chi connectivity index (χ4n) is 3.94. The Balaban J connectivity index is 1.53. The van der Waals surface area contributed by atoms with Gasteiger partial charge in [-0.3, -0.25) is 4.79 Å². The van der Waals surface area contributed by atoms with Gasteiger partial charge in [0.2, 0.25) is 0 Å². The van der Waals surface area contributed by atoms with Crippen LogP contribution in [0.3, 0.4) is 0 Å². The van der Waals surface area contributed by atoms with Gasteiger partial charge < -0.3 is 14.2 Å². The quantitative estimate of drug-likeness (QED) is 0.749. The van der Waals surface area contributed by atoms with Crippen molar-refractivity contribution in [2.45, 2.75) is 65.2 Å². The number of nitrogens with zero attached hydrogens (tertiary/aromatic N) is 1. The predicted molar refractivity (Wildman–Crippen MR) is 116 cm³/mol. The van der Waals surface area contributed by atoms with E-state index in [9.17, 15) is 4.79 Å². The van der Waals surface area contributed by atoms with Crippen molar-refractivity contribution in [1.29, 1.82) is 0 Å². The summed E-state index contributed by atoms with van der Waals surface area (Å²) in [6.45, 7) is 11.8. The number of hydrogen-bond donors (Lipinski definition) is 0. The maximum Gasteiger partial charge on any atom is 0.494 e. The topological polar surface area (TPSA) is 38.8 Å². The van der Waals surface area contributed by atoms with Crippen LogP contribution in [0.15, 0.2) is 42.5 Å². The van der Waals surface area contributed by atoms with Gasteiger partial charge in [-0.1, -0.05) is 37.3 Å². The van der Waals surface area contributed by atoms with Gasteiger partial charge in [-0.25, -0.2) is 0 Å². The Hall–Kier alpha value is -2.11. The van der Waals surface area contributed by atoms with E-state index in [1.165, 1.54) is 16.7 Å². The molecule has 0 saturated carbocycles. The van der Waals surface area contributed by atoms with E-state index in [2.05, 4.69) is 52.8 Å². The molecule has 1 fully saturated rings. The first-order chi connectivity index (χ1) is 13.7.